The van der Waals surface area contributed by atoms with Crippen molar-refractivity contribution in [2.45, 2.75) is 38.6 Å². The summed E-state index contributed by atoms with van der Waals surface area (Å²) in [7, 11) is 0. The van der Waals surface area contributed by atoms with Crippen LogP contribution < -0.4 is 10.6 Å². The van der Waals surface area contributed by atoms with Crippen LogP contribution in [0.4, 0.5) is 5.69 Å². The van der Waals surface area contributed by atoms with E-state index in [4.69, 9.17) is 4.74 Å². The Balaban J connectivity index is 1.51. The summed E-state index contributed by atoms with van der Waals surface area (Å²) in [6, 6.07) is 7.25. The molecule has 0 bridgehead atoms. The van der Waals surface area contributed by atoms with Crippen LogP contribution in [0.5, 0.6) is 0 Å². The lowest BCUT2D eigenvalue weighted by Crippen LogP contribution is -2.43. The van der Waals surface area contributed by atoms with Crippen molar-refractivity contribution in [3.63, 3.8) is 0 Å². The number of nitrogens with one attached hydrogen (secondary N) is 2. The van der Waals surface area contributed by atoms with Crippen molar-refractivity contribution >= 4 is 23.5 Å². The quantitative estimate of drug-likeness (QED) is 0.712. The van der Waals surface area contributed by atoms with Gasteiger partial charge in [0, 0.05) is 23.8 Å². The Labute approximate surface area is 159 Å². The van der Waals surface area contributed by atoms with Gasteiger partial charge in [0.1, 0.15) is 0 Å². The molecule has 27 heavy (non-hydrogen) atoms. The van der Waals surface area contributed by atoms with Crippen LogP contribution in [0.2, 0.25) is 0 Å². The summed E-state index contributed by atoms with van der Waals surface area (Å²) < 4.78 is 5.09. The van der Waals surface area contributed by atoms with Gasteiger partial charge in [0.25, 0.3) is 5.91 Å². The molecule has 1 aliphatic heterocycles. The van der Waals surface area contributed by atoms with Gasteiger partial charge < -0.3 is 15.4 Å². The zero-order chi connectivity index (χ0) is 19.2. The molecule has 1 heterocycles. The molecule has 3 rings (SSSR count). The average molecular weight is 373 g/mol. The van der Waals surface area contributed by atoms with E-state index in [2.05, 4.69) is 10.6 Å². The molecule has 2 N–H and O–H groups in total. The topological polar surface area (TPSA) is 87.7 Å². The first-order chi connectivity index (χ1) is 13.0. The third kappa shape index (κ3) is 5.79. The standard InChI is InChI=1S/C20H27N3O4/c1-2-27-20(26)15-6-4-10-23(12-15)13-18(24)21-17-7-3-5-14(11-17)19(25)22-16-8-9-16/h3,5,7,11,15-16H,2,4,6,8-10,12-13H2,1H3,(H,21,24)(H,22,25). The summed E-state index contributed by atoms with van der Waals surface area (Å²) >= 11 is 0. The molecule has 2 amide bonds. The van der Waals surface area contributed by atoms with E-state index in [9.17, 15) is 14.4 Å². The molecule has 1 saturated heterocycles. The number of piperidine rings is 1. The van der Waals surface area contributed by atoms with Crippen LogP contribution >= 0.6 is 0 Å². The Kier molecular flexibility index (Phi) is 6.45. The fourth-order valence-corrected chi connectivity index (χ4v) is 3.29. The van der Waals surface area contributed by atoms with E-state index in [0.717, 1.165) is 32.2 Å². The number of esters is 1. The smallest absolute Gasteiger partial charge is 0.310 e. The molecule has 2 aliphatic rings. The lowest BCUT2D eigenvalue weighted by atomic mass is 9.98. The van der Waals surface area contributed by atoms with E-state index in [1.165, 1.54) is 0 Å². The fourth-order valence-electron chi connectivity index (χ4n) is 3.29. The van der Waals surface area contributed by atoms with Gasteiger partial charge >= 0.3 is 5.97 Å². The monoisotopic (exact) mass is 373 g/mol. The molecule has 7 nitrogen and oxygen atoms in total. The second-order valence-electron chi connectivity index (χ2n) is 7.20. The van der Waals surface area contributed by atoms with E-state index in [0.29, 0.717) is 30.4 Å². The van der Waals surface area contributed by atoms with Crippen LogP contribution in [0.3, 0.4) is 0 Å². The molecule has 1 aliphatic carbocycles. The predicted molar refractivity (Wildman–Crippen MR) is 101 cm³/mol. The number of rotatable bonds is 7. The van der Waals surface area contributed by atoms with Gasteiger partial charge in [-0.2, -0.15) is 0 Å². The van der Waals surface area contributed by atoms with Gasteiger partial charge in [-0.3, -0.25) is 19.3 Å². The Morgan fingerprint density at radius 2 is 2.04 bits per heavy atom. The Bertz CT molecular complexity index is 702. The zero-order valence-corrected chi connectivity index (χ0v) is 15.7. The van der Waals surface area contributed by atoms with Crippen molar-refractivity contribution in [2.24, 2.45) is 5.92 Å². The van der Waals surface area contributed by atoms with Gasteiger partial charge in [0.15, 0.2) is 0 Å². The highest BCUT2D eigenvalue weighted by molar-refractivity contribution is 5.97. The highest BCUT2D eigenvalue weighted by atomic mass is 16.5. The molecule has 146 valence electrons. The van der Waals surface area contributed by atoms with E-state index < -0.39 is 0 Å². The van der Waals surface area contributed by atoms with Crippen molar-refractivity contribution in [1.82, 2.24) is 10.2 Å². The lowest BCUT2D eigenvalue weighted by molar-refractivity contribution is -0.150. The molecule has 1 unspecified atom stereocenters. The summed E-state index contributed by atoms with van der Waals surface area (Å²) in [6.45, 7) is 3.71. The normalized spacial score (nSPS) is 20.0. The van der Waals surface area contributed by atoms with Gasteiger partial charge in [-0.1, -0.05) is 6.07 Å². The minimum absolute atomic E-state index is 0.109. The van der Waals surface area contributed by atoms with Crippen LogP contribution in [-0.4, -0.2) is 55.0 Å². The molecule has 1 aromatic rings. The molecule has 0 radical (unpaired) electrons. The predicted octanol–water partition coefficient (Wildman–Crippen LogP) is 1.79. The molecule has 1 saturated carbocycles. The molecular weight excluding hydrogens is 346 g/mol. The molecule has 0 spiro atoms. The van der Waals surface area contributed by atoms with Crippen molar-refractivity contribution in [1.29, 1.82) is 0 Å². The molecular formula is C20H27N3O4. The van der Waals surface area contributed by atoms with E-state index in [-0.39, 0.29) is 30.2 Å². The van der Waals surface area contributed by atoms with E-state index in [1.807, 2.05) is 4.90 Å². The minimum Gasteiger partial charge on any atom is -0.466 e. The SMILES string of the molecule is CCOC(=O)C1CCCN(CC(=O)Nc2cccc(C(=O)NC3CC3)c2)C1. The maximum atomic E-state index is 12.4. The summed E-state index contributed by atoms with van der Waals surface area (Å²) in [6.07, 6.45) is 3.73. The molecule has 1 aromatic carbocycles. The van der Waals surface area contributed by atoms with Crippen molar-refractivity contribution in [3.05, 3.63) is 29.8 Å². The molecule has 2 fully saturated rings. The van der Waals surface area contributed by atoms with Crippen molar-refractivity contribution in [3.8, 4) is 0 Å². The minimum atomic E-state index is -0.183. The summed E-state index contributed by atoms with van der Waals surface area (Å²) in [4.78, 5) is 38.4. The number of hydrogen-bond donors (Lipinski definition) is 2. The summed E-state index contributed by atoms with van der Waals surface area (Å²) in [5, 5.41) is 5.78. The molecule has 0 aromatic heterocycles. The van der Waals surface area contributed by atoms with Crippen molar-refractivity contribution in [2.75, 3.05) is 31.6 Å². The second-order valence-corrected chi connectivity index (χ2v) is 7.20. The lowest BCUT2D eigenvalue weighted by Gasteiger charge is -2.30. The number of carbonyl (C=O) groups is 3. The number of benzene rings is 1. The third-order valence-electron chi connectivity index (χ3n) is 4.81. The summed E-state index contributed by atoms with van der Waals surface area (Å²) in [5.74, 6) is -0.612. The first-order valence-electron chi connectivity index (χ1n) is 9.65. The molecule has 1 atom stereocenters. The number of ether oxygens (including phenoxy) is 1. The summed E-state index contributed by atoms with van der Waals surface area (Å²) in [5.41, 5.74) is 1.14. The number of carbonyl (C=O) groups excluding carboxylic acids is 3. The molecule has 7 heteroatoms. The largest absolute Gasteiger partial charge is 0.466 e. The Morgan fingerprint density at radius 1 is 1.22 bits per heavy atom. The van der Waals surface area contributed by atoms with Crippen LogP contribution in [0.15, 0.2) is 24.3 Å². The maximum absolute atomic E-state index is 12.4. The number of nitrogens with zero attached hydrogens (tertiary/aromatic N) is 1. The first-order valence-corrected chi connectivity index (χ1v) is 9.65. The van der Waals surface area contributed by atoms with Gasteiger partial charge in [0.05, 0.1) is 19.1 Å². The van der Waals surface area contributed by atoms with Gasteiger partial charge in [-0.05, 0) is 57.4 Å². The number of amides is 2. The van der Waals surface area contributed by atoms with Crippen LogP contribution in [0.25, 0.3) is 0 Å². The maximum Gasteiger partial charge on any atom is 0.310 e. The average Bonchev–Trinajstić information content (AvgIpc) is 3.46. The third-order valence-corrected chi connectivity index (χ3v) is 4.81. The van der Waals surface area contributed by atoms with E-state index in [1.54, 1.807) is 31.2 Å². The number of likely N-dealkylation sites (tertiary alicyclic amines) is 1. The fraction of sp³-hybridized carbons (Fsp3) is 0.550. The highest BCUT2D eigenvalue weighted by Crippen LogP contribution is 2.20. The Morgan fingerprint density at radius 3 is 2.78 bits per heavy atom. The van der Waals surface area contributed by atoms with Gasteiger partial charge in [0.2, 0.25) is 5.91 Å². The van der Waals surface area contributed by atoms with Gasteiger partial charge in [-0.25, -0.2) is 0 Å². The Hall–Kier alpha value is -2.41. The number of anilines is 1. The van der Waals surface area contributed by atoms with E-state index >= 15 is 0 Å². The van der Waals surface area contributed by atoms with Crippen LogP contribution in [0, 0.1) is 5.92 Å². The van der Waals surface area contributed by atoms with Crippen molar-refractivity contribution < 1.29 is 19.1 Å². The zero-order valence-electron chi connectivity index (χ0n) is 15.7. The van der Waals surface area contributed by atoms with Crippen LogP contribution in [0.1, 0.15) is 43.0 Å². The highest BCUT2D eigenvalue weighted by Gasteiger charge is 2.28. The second kappa shape index (κ2) is 8.99. The van der Waals surface area contributed by atoms with Crippen LogP contribution in [-0.2, 0) is 14.3 Å². The number of hydrogen-bond acceptors (Lipinski definition) is 5. The first kappa shape index (κ1) is 19.4. The van der Waals surface area contributed by atoms with Gasteiger partial charge in [-0.15, -0.1) is 0 Å².